The number of nitro groups is 1. The second-order valence-electron chi connectivity index (χ2n) is 5.66. The zero-order chi connectivity index (χ0) is 16.3. The number of nitrogens with two attached hydrogens (primary N) is 1. The normalized spacial score (nSPS) is 20.0. The summed E-state index contributed by atoms with van der Waals surface area (Å²) in [6.45, 7) is 3.07. The van der Waals surface area contributed by atoms with Crippen molar-refractivity contribution in [1.29, 1.82) is 0 Å². The summed E-state index contributed by atoms with van der Waals surface area (Å²) in [6, 6.07) is 3.95. The molecule has 22 heavy (non-hydrogen) atoms. The van der Waals surface area contributed by atoms with E-state index in [1.807, 2.05) is 0 Å². The van der Waals surface area contributed by atoms with Gasteiger partial charge >= 0.3 is 0 Å². The lowest BCUT2D eigenvalue weighted by Gasteiger charge is -2.32. The number of sulfonamides is 1. The van der Waals surface area contributed by atoms with Gasteiger partial charge in [-0.05, 0) is 44.2 Å². The molecule has 0 radical (unpaired) electrons. The SMILES string of the molecule is Cc1ccc([N+](=O)[O-])cc1S(=O)(=O)N1CCCC(CCN)C1. The molecule has 7 nitrogen and oxygen atoms in total. The molecule has 1 heterocycles. The lowest BCUT2D eigenvalue weighted by molar-refractivity contribution is -0.385. The van der Waals surface area contributed by atoms with Gasteiger partial charge in [-0.2, -0.15) is 4.31 Å². The fourth-order valence-corrected chi connectivity index (χ4v) is 4.64. The fraction of sp³-hybridized carbons (Fsp3) is 0.571. The number of nitro benzene ring substituents is 1. The molecule has 2 N–H and O–H groups in total. The van der Waals surface area contributed by atoms with E-state index in [9.17, 15) is 18.5 Å². The minimum absolute atomic E-state index is 0.0232. The van der Waals surface area contributed by atoms with Crippen molar-refractivity contribution in [2.75, 3.05) is 19.6 Å². The van der Waals surface area contributed by atoms with Crippen molar-refractivity contribution in [1.82, 2.24) is 4.31 Å². The van der Waals surface area contributed by atoms with Gasteiger partial charge in [-0.3, -0.25) is 10.1 Å². The van der Waals surface area contributed by atoms with Gasteiger partial charge in [0.1, 0.15) is 0 Å². The van der Waals surface area contributed by atoms with Crippen LogP contribution in [-0.2, 0) is 10.0 Å². The maximum atomic E-state index is 12.8. The highest BCUT2D eigenvalue weighted by Crippen LogP contribution is 2.28. The van der Waals surface area contributed by atoms with Crippen LogP contribution in [0.5, 0.6) is 0 Å². The second-order valence-corrected chi connectivity index (χ2v) is 7.56. The van der Waals surface area contributed by atoms with Crippen LogP contribution in [0.2, 0.25) is 0 Å². The molecule has 1 aromatic carbocycles. The molecule has 0 amide bonds. The third kappa shape index (κ3) is 3.45. The van der Waals surface area contributed by atoms with Gasteiger partial charge in [0.25, 0.3) is 5.69 Å². The number of benzene rings is 1. The Balaban J connectivity index is 2.33. The molecule has 122 valence electrons. The Kier molecular flexibility index (Phi) is 5.15. The number of piperidine rings is 1. The summed E-state index contributed by atoms with van der Waals surface area (Å²) in [5.74, 6) is 0.257. The van der Waals surface area contributed by atoms with Gasteiger partial charge < -0.3 is 5.73 Å². The number of nitrogens with zero attached hydrogens (tertiary/aromatic N) is 2. The van der Waals surface area contributed by atoms with Crippen LogP contribution in [0, 0.1) is 23.0 Å². The maximum absolute atomic E-state index is 12.8. The maximum Gasteiger partial charge on any atom is 0.270 e. The molecular weight excluding hydrogens is 306 g/mol. The van der Waals surface area contributed by atoms with Gasteiger partial charge in [0, 0.05) is 25.2 Å². The molecular formula is C14H21N3O4S. The van der Waals surface area contributed by atoms with Crippen molar-refractivity contribution in [3.05, 3.63) is 33.9 Å². The minimum atomic E-state index is -3.71. The quantitative estimate of drug-likeness (QED) is 0.653. The largest absolute Gasteiger partial charge is 0.330 e. The third-order valence-corrected chi connectivity index (χ3v) is 6.06. The van der Waals surface area contributed by atoms with E-state index in [1.165, 1.54) is 16.4 Å². The molecule has 0 bridgehead atoms. The van der Waals surface area contributed by atoms with Crippen molar-refractivity contribution in [3.8, 4) is 0 Å². The molecule has 2 rings (SSSR count). The predicted molar refractivity (Wildman–Crippen MR) is 83.0 cm³/mol. The molecule has 1 unspecified atom stereocenters. The first kappa shape index (κ1) is 16.9. The van der Waals surface area contributed by atoms with E-state index in [4.69, 9.17) is 5.73 Å². The summed E-state index contributed by atoms with van der Waals surface area (Å²) in [7, 11) is -3.71. The number of non-ortho nitro benzene ring substituents is 1. The van der Waals surface area contributed by atoms with Gasteiger partial charge in [-0.15, -0.1) is 0 Å². The van der Waals surface area contributed by atoms with Crippen LogP contribution in [-0.4, -0.2) is 37.3 Å². The van der Waals surface area contributed by atoms with Crippen LogP contribution >= 0.6 is 0 Å². The number of hydrogen-bond donors (Lipinski definition) is 1. The Bertz CT molecular complexity index is 658. The van der Waals surface area contributed by atoms with Crippen molar-refractivity contribution in [2.24, 2.45) is 11.7 Å². The lowest BCUT2D eigenvalue weighted by atomic mass is 9.96. The summed E-state index contributed by atoms with van der Waals surface area (Å²) >= 11 is 0. The van der Waals surface area contributed by atoms with E-state index in [-0.39, 0.29) is 16.5 Å². The molecule has 1 fully saturated rings. The number of aryl methyl sites for hydroxylation is 1. The van der Waals surface area contributed by atoms with Crippen molar-refractivity contribution >= 4 is 15.7 Å². The Morgan fingerprint density at radius 2 is 2.18 bits per heavy atom. The standard InChI is InChI=1S/C14H21N3O4S/c1-11-4-5-13(17(18)19)9-14(11)22(20,21)16-8-2-3-12(10-16)6-7-15/h4-5,9,12H,2-3,6-8,10,15H2,1H3. The average molecular weight is 327 g/mol. The fourth-order valence-electron chi connectivity index (χ4n) is 2.84. The van der Waals surface area contributed by atoms with E-state index in [0.717, 1.165) is 25.3 Å². The second kappa shape index (κ2) is 6.72. The smallest absolute Gasteiger partial charge is 0.270 e. The van der Waals surface area contributed by atoms with Gasteiger partial charge in [0.05, 0.1) is 9.82 Å². The first-order valence-corrected chi connectivity index (χ1v) is 8.75. The number of rotatable bonds is 5. The molecule has 0 aromatic heterocycles. The van der Waals surface area contributed by atoms with Crippen LogP contribution in [0.3, 0.4) is 0 Å². The third-order valence-electron chi connectivity index (χ3n) is 4.06. The molecule has 0 aliphatic carbocycles. The molecule has 1 aliphatic rings. The monoisotopic (exact) mass is 327 g/mol. The molecule has 8 heteroatoms. The Morgan fingerprint density at radius 3 is 2.82 bits per heavy atom. The minimum Gasteiger partial charge on any atom is -0.330 e. The van der Waals surface area contributed by atoms with Crippen molar-refractivity contribution < 1.29 is 13.3 Å². The van der Waals surface area contributed by atoms with E-state index < -0.39 is 14.9 Å². The van der Waals surface area contributed by atoms with E-state index in [1.54, 1.807) is 6.92 Å². The topological polar surface area (TPSA) is 107 Å². The Morgan fingerprint density at radius 1 is 1.45 bits per heavy atom. The van der Waals surface area contributed by atoms with Gasteiger partial charge in [-0.25, -0.2) is 8.42 Å². The van der Waals surface area contributed by atoms with Crippen molar-refractivity contribution in [2.45, 2.75) is 31.1 Å². The van der Waals surface area contributed by atoms with Gasteiger partial charge in [0.2, 0.25) is 10.0 Å². The van der Waals surface area contributed by atoms with E-state index >= 15 is 0 Å². The van der Waals surface area contributed by atoms with Crippen LogP contribution in [0.4, 0.5) is 5.69 Å². The molecule has 1 aromatic rings. The van der Waals surface area contributed by atoms with Crippen LogP contribution < -0.4 is 5.73 Å². The van der Waals surface area contributed by atoms with E-state index in [2.05, 4.69) is 0 Å². The summed E-state index contributed by atoms with van der Waals surface area (Å²) in [6.07, 6.45) is 2.55. The predicted octanol–water partition coefficient (Wildman–Crippen LogP) is 1.65. The highest BCUT2D eigenvalue weighted by atomic mass is 32.2. The van der Waals surface area contributed by atoms with Crippen LogP contribution in [0.15, 0.2) is 23.1 Å². The summed E-state index contributed by atoms with van der Waals surface area (Å²) in [4.78, 5) is 10.3. The molecule has 1 aliphatic heterocycles. The highest BCUT2D eigenvalue weighted by Gasteiger charge is 2.31. The summed E-state index contributed by atoms with van der Waals surface area (Å²) in [5.41, 5.74) is 5.87. The zero-order valence-corrected chi connectivity index (χ0v) is 13.4. The first-order chi connectivity index (χ1) is 10.4. The highest BCUT2D eigenvalue weighted by molar-refractivity contribution is 7.89. The molecule has 1 saturated heterocycles. The van der Waals surface area contributed by atoms with Gasteiger partial charge in [0.15, 0.2) is 0 Å². The van der Waals surface area contributed by atoms with Gasteiger partial charge in [-0.1, -0.05) is 6.07 Å². The summed E-state index contributed by atoms with van der Waals surface area (Å²) < 4.78 is 27.0. The first-order valence-electron chi connectivity index (χ1n) is 7.31. The van der Waals surface area contributed by atoms with Crippen LogP contribution in [0.25, 0.3) is 0 Å². The van der Waals surface area contributed by atoms with E-state index in [0.29, 0.717) is 25.2 Å². The zero-order valence-electron chi connectivity index (χ0n) is 12.6. The Labute approximate surface area is 130 Å². The van der Waals surface area contributed by atoms with Crippen LogP contribution in [0.1, 0.15) is 24.8 Å². The van der Waals surface area contributed by atoms with Crippen molar-refractivity contribution in [3.63, 3.8) is 0 Å². The summed E-state index contributed by atoms with van der Waals surface area (Å²) in [5, 5.41) is 10.9. The average Bonchev–Trinajstić information content (AvgIpc) is 2.48. The molecule has 0 saturated carbocycles. The molecule has 0 spiro atoms. The molecule has 1 atom stereocenters. The number of hydrogen-bond acceptors (Lipinski definition) is 5. The Hall–Kier alpha value is -1.51. The lowest BCUT2D eigenvalue weighted by Crippen LogP contribution is -2.40.